The molecule has 0 unspecified atom stereocenters. The van der Waals surface area contributed by atoms with E-state index in [9.17, 15) is 9.90 Å². The van der Waals surface area contributed by atoms with Gasteiger partial charge in [0.05, 0.1) is 18.3 Å². The van der Waals surface area contributed by atoms with Gasteiger partial charge in [0, 0.05) is 35.4 Å². The monoisotopic (exact) mass is 344 g/mol. The average molecular weight is 344 g/mol. The summed E-state index contributed by atoms with van der Waals surface area (Å²) in [5.74, 6) is -0.0612. The lowest BCUT2D eigenvalue weighted by Crippen LogP contribution is -2.35. The van der Waals surface area contributed by atoms with E-state index in [2.05, 4.69) is 10.4 Å². The summed E-state index contributed by atoms with van der Waals surface area (Å²) in [5, 5.41) is 18.3. The minimum absolute atomic E-state index is 0.00943. The summed E-state index contributed by atoms with van der Waals surface area (Å²) in [6, 6.07) is 5.46. The predicted molar refractivity (Wildman–Crippen MR) is 96.4 cm³/mol. The second-order valence-corrected chi connectivity index (χ2v) is 7.33. The van der Waals surface area contributed by atoms with Crippen molar-refractivity contribution in [3.63, 3.8) is 0 Å². The van der Waals surface area contributed by atoms with E-state index >= 15 is 0 Å². The number of hydrogen-bond acceptors (Lipinski definition) is 5. The highest BCUT2D eigenvalue weighted by molar-refractivity contribution is 6.06. The SMILES string of the molecule is C[C@H](N)Cn1ncc2ccc3oc(C(=O)NCC(C)(C)CO)cc3c21. The maximum atomic E-state index is 12.4. The third-order valence-electron chi connectivity index (χ3n) is 4.14. The van der Waals surface area contributed by atoms with Crippen LogP contribution in [0.15, 0.2) is 28.8 Å². The molecule has 0 radical (unpaired) electrons. The normalized spacial score (nSPS) is 13.5. The number of amides is 1. The summed E-state index contributed by atoms with van der Waals surface area (Å²) in [5.41, 5.74) is 7.05. The van der Waals surface area contributed by atoms with E-state index in [-0.39, 0.29) is 29.7 Å². The molecule has 3 aromatic rings. The van der Waals surface area contributed by atoms with Crippen LogP contribution in [0.2, 0.25) is 0 Å². The summed E-state index contributed by atoms with van der Waals surface area (Å²) in [6.07, 6.45) is 1.79. The first-order valence-electron chi connectivity index (χ1n) is 8.33. The number of nitrogens with two attached hydrogens (primary N) is 1. The highest BCUT2D eigenvalue weighted by atomic mass is 16.3. The van der Waals surface area contributed by atoms with E-state index in [0.717, 1.165) is 16.3 Å². The largest absolute Gasteiger partial charge is 0.451 e. The van der Waals surface area contributed by atoms with Gasteiger partial charge in [-0.15, -0.1) is 0 Å². The fraction of sp³-hybridized carbons (Fsp3) is 0.444. The molecule has 7 heteroatoms. The van der Waals surface area contributed by atoms with E-state index in [4.69, 9.17) is 10.2 Å². The molecule has 3 rings (SSSR count). The van der Waals surface area contributed by atoms with Crippen molar-refractivity contribution in [3.05, 3.63) is 30.2 Å². The molecule has 2 heterocycles. The fourth-order valence-electron chi connectivity index (χ4n) is 2.68. The number of hydrogen-bond donors (Lipinski definition) is 3. The van der Waals surface area contributed by atoms with Crippen molar-refractivity contribution < 1.29 is 14.3 Å². The Hall–Kier alpha value is -2.38. The van der Waals surface area contributed by atoms with Gasteiger partial charge in [0.1, 0.15) is 5.58 Å². The van der Waals surface area contributed by atoms with Crippen LogP contribution in [0.4, 0.5) is 0 Å². The number of nitrogens with one attached hydrogen (secondary N) is 1. The zero-order valence-corrected chi connectivity index (χ0v) is 14.7. The molecule has 2 aromatic heterocycles. The first kappa shape index (κ1) is 17.4. The second-order valence-electron chi connectivity index (χ2n) is 7.33. The van der Waals surface area contributed by atoms with E-state index < -0.39 is 0 Å². The van der Waals surface area contributed by atoms with Crippen molar-refractivity contribution >= 4 is 27.8 Å². The number of nitrogens with zero attached hydrogens (tertiary/aromatic N) is 2. The number of benzene rings is 1. The van der Waals surface area contributed by atoms with Gasteiger partial charge in [0.15, 0.2) is 5.76 Å². The van der Waals surface area contributed by atoms with Crippen LogP contribution in [0, 0.1) is 5.41 Å². The number of rotatable bonds is 6. The number of fused-ring (bicyclic) bond motifs is 3. The van der Waals surface area contributed by atoms with Gasteiger partial charge in [0.2, 0.25) is 0 Å². The fourth-order valence-corrected chi connectivity index (χ4v) is 2.68. The molecule has 0 saturated carbocycles. The molecule has 0 fully saturated rings. The first-order chi connectivity index (χ1) is 11.8. The number of aromatic nitrogens is 2. The Morgan fingerprint density at radius 2 is 2.24 bits per heavy atom. The zero-order valence-electron chi connectivity index (χ0n) is 14.7. The van der Waals surface area contributed by atoms with E-state index in [1.807, 2.05) is 37.6 Å². The molecule has 0 aliphatic carbocycles. The summed E-state index contributed by atoms with van der Waals surface area (Å²) >= 11 is 0. The number of furan rings is 1. The molecular formula is C18H24N4O3. The molecule has 0 bridgehead atoms. The van der Waals surface area contributed by atoms with Crippen LogP contribution in [0.1, 0.15) is 31.3 Å². The second kappa shape index (κ2) is 6.50. The minimum atomic E-state index is -0.384. The third kappa shape index (κ3) is 3.52. The van der Waals surface area contributed by atoms with Crippen molar-refractivity contribution in [2.24, 2.45) is 11.1 Å². The smallest absolute Gasteiger partial charge is 0.287 e. The summed E-state index contributed by atoms with van der Waals surface area (Å²) in [7, 11) is 0. The van der Waals surface area contributed by atoms with Crippen LogP contribution in [-0.2, 0) is 6.54 Å². The minimum Gasteiger partial charge on any atom is -0.451 e. The molecule has 1 amide bonds. The van der Waals surface area contributed by atoms with Gasteiger partial charge in [0.25, 0.3) is 5.91 Å². The quantitative estimate of drug-likeness (QED) is 0.633. The van der Waals surface area contributed by atoms with E-state index in [1.165, 1.54) is 0 Å². The average Bonchev–Trinajstić information content (AvgIpc) is 3.16. The lowest BCUT2D eigenvalue weighted by Gasteiger charge is -2.21. The number of carbonyl (C=O) groups excluding carboxylic acids is 1. The van der Waals surface area contributed by atoms with Crippen molar-refractivity contribution in [1.82, 2.24) is 15.1 Å². The Balaban J connectivity index is 1.95. The van der Waals surface area contributed by atoms with E-state index in [0.29, 0.717) is 18.7 Å². The van der Waals surface area contributed by atoms with Crippen LogP contribution >= 0.6 is 0 Å². The molecule has 0 aliphatic heterocycles. The molecule has 0 aliphatic rings. The van der Waals surface area contributed by atoms with Gasteiger partial charge in [-0.05, 0) is 25.1 Å². The number of carbonyl (C=O) groups is 1. The summed E-state index contributed by atoms with van der Waals surface area (Å²) in [6.45, 7) is 6.61. The molecule has 0 spiro atoms. The standard InChI is InChI=1S/C18H24N4O3/c1-11(19)8-22-16-12(7-21-22)4-5-14-13(16)6-15(25-14)17(24)20-9-18(2,3)10-23/h4-7,11,23H,8-10,19H2,1-3H3,(H,20,24)/t11-/m0/s1. The number of aliphatic hydroxyl groups is 1. The Bertz CT molecular complexity index is 908. The molecule has 1 aromatic carbocycles. The molecule has 7 nitrogen and oxygen atoms in total. The van der Waals surface area contributed by atoms with Gasteiger partial charge in [-0.3, -0.25) is 9.48 Å². The van der Waals surface area contributed by atoms with Gasteiger partial charge in [-0.2, -0.15) is 5.10 Å². The Kier molecular flexibility index (Phi) is 4.53. The van der Waals surface area contributed by atoms with Crippen LogP contribution in [0.5, 0.6) is 0 Å². The van der Waals surface area contributed by atoms with Crippen molar-refractivity contribution in [1.29, 1.82) is 0 Å². The van der Waals surface area contributed by atoms with Crippen LogP contribution in [0.25, 0.3) is 21.9 Å². The van der Waals surface area contributed by atoms with Crippen molar-refractivity contribution in [2.75, 3.05) is 13.2 Å². The third-order valence-corrected chi connectivity index (χ3v) is 4.14. The molecule has 1 atom stereocenters. The van der Waals surface area contributed by atoms with Crippen molar-refractivity contribution in [2.45, 2.75) is 33.4 Å². The highest BCUT2D eigenvalue weighted by Crippen LogP contribution is 2.28. The summed E-state index contributed by atoms with van der Waals surface area (Å²) in [4.78, 5) is 12.4. The molecule has 134 valence electrons. The lowest BCUT2D eigenvalue weighted by atomic mass is 9.95. The first-order valence-corrected chi connectivity index (χ1v) is 8.33. The highest BCUT2D eigenvalue weighted by Gasteiger charge is 2.21. The van der Waals surface area contributed by atoms with Crippen LogP contribution < -0.4 is 11.1 Å². The zero-order chi connectivity index (χ0) is 18.2. The van der Waals surface area contributed by atoms with Crippen molar-refractivity contribution in [3.8, 4) is 0 Å². The molecule has 4 N–H and O–H groups in total. The molecule has 0 saturated heterocycles. The number of aliphatic hydroxyl groups excluding tert-OH is 1. The maximum absolute atomic E-state index is 12.4. The van der Waals surface area contributed by atoms with Gasteiger partial charge in [-0.1, -0.05) is 13.8 Å². The van der Waals surface area contributed by atoms with Crippen LogP contribution in [-0.4, -0.2) is 40.0 Å². The van der Waals surface area contributed by atoms with E-state index in [1.54, 1.807) is 12.3 Å². The predicted octanol–water partition coefficient (Wildman–Crippen LogP) is 1.88. The lowest BCUT2D eigenvalue weighted by molar-refractivity contribution is 0.0886. The molecule has 25 heavy (non-hydrogen) atoms. The van der Waals surface area contributed by atoms with Crippen LogP contribution in [0.3, 0.4) is 0 Å². The van der Waals surface area contributed by atoms with Gasteiger partial charge >= 0.3 is 0 Å². The topological polar surface area (TPSA) is 106 Å². The Morgan fingerprint density at radius 1 is 1.48 bits per heavy atom. The van der Waals surface area contributed by atoms with Gasteiger partial charge < -0.3 is 20.6 Å². The maximum Gasteiger partial charge on any atom is 0.287 e. The molecular weight excluding hydrogens is 320 g/mol. The van der Waals surface area contributed by atoms with Gasteiger partial charge in [-0.25, -0.2) is 0 Å². The summed E-state index contributed by atoms with van der Waals surface area (Å²) < 4.78 is 7.56. The Labute approximate surface area is 145 Å². The Morgan fingerprint density at radius 3 is 2.92 bits per heavy atom.